The minimum Gasteiger partial charge on any atom is -0.397 e. The van der Waals surface area contributed by atoms with Crippen LogP contribution in [0.3, 0.4) is 0 Å². The molecule has 0 saturated heterocycles. The van der Waals surface area contributed by atoms with Crippen molar-refractivity contribution >= 4 is 27.2 Å². The number of aryl methyl sites for hydroxylation is 1. The normalized spacial score (nSPS) is 11.6. The maximum atomic E-state index is 13.0. The Morgan fingerprint density at radius 2 is 1.88 bits per heavy atom. The Balaban J connectivity index is 1.81. The maximum Gasteiger partial charge on any atom is 0.280 e. The number of thiophene rings is 1. The van der Waals surface area contributed by atoms with Crippen LogP contribution in [0.4, 0.5) is 18.9 Å². The third-order valence-corrected chi connectivity index (χ3v) is 4.95. The predicted molar refractivity (Wildman–Crippen MR) is 92.4 cm³/mol. The molecule has 0 amide bonds. The number of aromatic nitrogens is 3. The average molecular weight is 376 g/mol. The van der Waals surface area contributed by atoms with Crippen molar-refractivity contribution in [2.45, 2.75) is 13.3 Å². The van der Waals surface area contributed by atoms with Crippen LogP contribution in [0.1, 0.15) is 17.7 Å². The van der Waals surface area contributed by atoms with Crippen LogP contribution < -0.4 is 5.73 Å². The number of hydrogen-bond acceptors (Lipinski definition) is 6. The highest BCUT2D eigenvalue weighted by atomic mass is 32.1. The molecule has 0 radical (unpaired) electrons. The molecule has 3 aromatic heterocycles. The SMILES string of the molecule is Cc1cc(C(F)F)nc2sc(-c3nc(-c4ccc(F)cc4)no3)c(N)c12. The van der Waals surface area contributed by atoms with E-state index in [0.29, 0.717) is 31.9 Å². The molecule has 0 spiro atoms. The highest BCUT2D eigenvalue weighted by Crippen LogP contribution is 2.42. The molecule has 2 N–H and O–H groups in total. The zero-order valence-corrected chi connectivity index (χ0v) is 14.1. The minimum absolute atomic E-state index is 0.155. The summed E-state index contributed by atoms with van der Waals surface area (Å²) in [5.74, 6) is 0.0558. The molecule has 0 fully saturated rings. The Morgan fingerprint density at radius 1 is 1.15 bits per heavy atom. The number of fused-ring (bicyclic) bond motifs is 1. The van der Waals surface area contributed by atoms with E-state index in [0.717, 1.165) is 11.3 Å². The third-order valence-electron chi connectivity index (χ3n) is 3.86. The van der Waals surface area contributed by atoms with Gasteiger partial charge in [-0.3, -0.25) is 0 Å². The van der Waals surface area contributed by atoms with Crippen molar-refractivity contribution in [1.82, 2.24) is 15.1 Å². The van der Waals surface area contributed by atoms with E-state index in [2.05, 4.69) is 15.1 Å². The number of pyridine rings is 1. The van der Waals surface area contributed by atoms with Crippen LogP contribution in [0.25, 0.3) is 32.4 Å². The molecule has 3 heterocycles. The summed E-state index contributed by atoms with van der Waals surface area (Å²) in [4.78, 5) is 9.10. The summed E-state index contributed by atoms with van der Waals surface area (Å²) in [5, 5.41) is 4.47. The van der Waals surface area contributed by atoms with Crippen molar-refractivity contribution in [3.8, 4) is 22.2 Å². The van der Waals surface area contributed by atoms with Crippen molar-refractivity contribution in [3.05, 3.63) is 47.4 Å². The summed E-state index contributed by atoms with van der Waals surface area (Å²) in [6.07, 6.45) is -2.67. The molecule has 5 nitrogen and oxygen atoms in total. The highest BCUT2D eigenvalue weighted by Gasteiger charge is 2.22. The van der Waals surface area contributed by atoms with Crippen molar-refractivity contribution in [3.63, 3.8) is 0 Å². The molecule has 26 heavy (non-hydrogen) atoms. The van der Waals surface area contributed by atoms with Gasteiger partial charge in [-0.15, -0.1) is 11.3 Å². The molecule has 9 heteroatoms. The number of halogens is 3. The van der Waals surface area contributed by atoms with Crippen molar-refractivity contribution in [2.24, 2.45) is 0 Å². The molecule has 0 aliphatic carbocycles. The van der Waals surface area contributed by atoms with Crippen molar-refractivity contribution in [2.75, 3.05) is 5.73 Å². The lowest BCUT2D eigenvalue weighted by molar-refractivity contribution is 0.146. The smallest absolute Gasteiger partial charge is 0.280 e. The molecule has 0 saturated carbocycles. The second-order valence-corrected chi connectivity index (χ2v) is 6.62. The Hall–Kier alpha value is -2.94. The van der Waals surface area contributed by atoms with Gasteiger partial charge in [0, 0.05) is 10.9 Å². The zero-order chi connectivity index (χ0) is 18.4. The first-order chi connectivity index (χ1) is 12.4. The lowest BCUT2D eigenvalue weighted by Crippen LogP contribution is -1.93. The van der Waals surface area contributed by atoms with Crippen LogP contribution in [0.2, 0.25) is 0 Å². The van der Waals surface area contributed by atoms with Gasteiger partial charge in [0.1, 0.15) is 21.2 Å². The Bertz CT molecular complexity index is 1110. The standard InChI is InChI=1S/C17H11F3N4OS/c1-7-6-10(14(19)20)22-17-11(7)12(21)13(26-17)16-23-15(24-25-16)8-2-4-9(18)5-3-8/h2-6,14H,21H2,1H3. The van der Waals surface area contributed by atoms with E-state index >= 15 is 0 Å². The topological polar surface area (TPSA) is 77.8 Å². The number of nitrogens with zero attached hydrogens (tertiary/aromatic N) is 3. The number of nitrogens with two attached hydrogens (primary N) is 1. The van der Waals surface area contributed by atoms with Gasteiger partial charge < -0.3 is 10.3 Å². The van der Waals surface area contributed by atoms with E-state index in [9.17, 15) is 13.2 Å². The maximum absolute atomic E-state index is 13.0. The van der Waals surface area contributed by atoms with E-state index in [1.54, 1.807) is 6.92 Å². The van der Waals surface area contributed by atoms with E-state index in [1.807, 2.05) is 0 Å². The largest absolute Gasteiger partial charge is 0.397 e. The fourth-order valence-corrected chi connectivity index (χ4v) is 3.74. The zero-order valence-electron chi connectivity index (χ0n) is 13.3. The first-order valence-corrected chi connectivity index (χ1v) is 8.33. The van der Waals surface area contributed by atoms with Crippen LogP contribution in [-0.4, -0.2) is 15.1 Å². The van der Waals surface area contributed by atoms with Crippen LogP contribution in [0.5, 0.6) is 0 Å². The molecule has 132 valence electrons. The number of benzene rings is 1. The van der Waals surface area contributed by atoms with E-state index < -0.39 is 6.43 Å². The second-order valence-electron chi connectivity index (χ2n) is 5.62. The second kappa shape index (κ2) is 6.10. The highest BCUT2D eigenvalue weighted by molar-refractivity contribution is 7.22. The lowest BCUT2D eigenvalue weighted by atomic mass is 10.1. The van der Waals surface area contributed by atoms with Gasteiger partial charge in [0.25, 0.3) is 12.3 Å². The first kappa shape index (κ1) is 16.5. The summed E-state index contributed by atoms with van der Waals surface area (Å²) in [7, 11) is 0. The predicted octanol–water partition coefficient (Wildman–Crippen LogP) is 4.98. The van der Waals surface area contributed by atoms with Gasteiger partial charge in [-0.1, -0.05) is 5.16 Å². The summed E-state index contributed by atoms with van der Waals surface area (Å²) in [6, 6.07) is 6.95. The van der Waals surface area contributed by atoms with Crippen LogP contribution in [-0.2, 0) is 0 Å². The number of alkyl halides is 2. The molecule has 0 aliphatic heterocycles. The molecular formula is C17H11F3N4OS. The summed E-state index contributed by atoms with van der Waals surface area (Å²) < 4.78 is 44.2. The lowest BCUT2D eigenvalue weighted by Gasteiger charge is -2.02. The first-order valence-electron chi connectivity index (χ1n) is 7.51. The third kappa shape index (κ3) is 2.70. The van der Waals surface area contributed by atoms with Gasteiger partial charge in [-0.2, -0.15) is 4.98 Å². The molecule has 0 atom stereocenters. The van der Waals surface area contributed by atoms with E-state index in [4.69, 9.17) is 10.3 Å². The van der Waals surface area contributed by atoms with Crippen LogP contribution in [0.15, 0.2) is 34.9 Å². The van der Waals surface area contributed by atoms with Gasteiger partial charge in [0.2, 0.25) is 5.82 Å². The minimum atomic E-state index is -2.67. The fourth-order valence-electron chi connectivity index (χ4n) is 2.64. The summed E-state index contributed by atoms with van der Waals surface area (Å²) >= 11 is 1.11. The quantitative estimate of drug-likeness (QED) is 0.546. The number of rotatable bonds is 3. The van der Waals surface area contributed by atoms with Gasteiger partial charge in [0.15, 0.2) is 0 Å². The molecule has 1 aromatic carbocycles. The summed E-state index contributed by atoms with van der Waals surface area (Å²) in [5.41, 5.74) is 7.40. The molecular weight excluding hydrogens is 365 g/mol. The molecule has 0 unspecified atom stereocenters. The van der Waals surface area contributed by atoms with Crippen LogP contribution in [0, 0.1) is 12.7 Å². The molecule has 0 bridgehead atoms. The van der Waals surface area contributed by atoms with E-state index in [1.165, 1.54) is 30.3 Å². The number of hydrogen-bond donors (Lipinski definition) is 1. The van der Waals surface area contributed by atoms with Gasteiger partial charge >= 0.3 is 0 Å². The summed E-state index contributed by atoms with van der Waals surface area (Å²) in [6.45, 7) is 1.69. The number of anilines is 1. The molecule has 0 aliphatic rings. The van der Waals surface area contributed by atoms with Gasteiger partial charge in [0.05, 0.1) is 5.69 Å². The van der Waals surface area contributed by atoms with Gasteiger partial charge in [-0.25, -0.2) is 18.2 Å². The van der Waals surface area contributed by atoms with Crippen molar-refractivity contribution in [1.29, 1.82) is 0 Å². The number of nitrogen functional groups attached to an aromatic ring is 1. The Morgan fingerprint density at radius 3 is 2.58 bits per heavy atom. The van der Waals surface area contributed by atoms with Crippen LogP contribution >= 0.6 is 11.3 Å². The molecule has 4 aromatic rings. The fraction of sp³-hybridized carbons (Fsp3) is 0.118. The van der Waals surface area contributed by atoms with Crippen molar-refractivity contribution < 1.29 is 17.7 Å². The molecule has 4 rings (SSSR count). The monoisotopic (exact) mass is 376 g/mol. The Kier molecular flexibility index (Phi) is 3.87. The van der Waals surface area contributed by atoms with E-state index in [-0.39, 0.29) is 23.2 Å². The van der Waals surface area contributed by atoms with Gasteiger partial charge in [-0.05, 0) is 42.8 Å². The average Bonchev–Trinajstić information content (AvgIpc) is 3.20. The Labute approximate surface area is 149 Å².